The Bertz CT molecular complexity index is 772. The van der Waals surface area contributed by atoms with E-state index in [-0.39, 0.29) is 24.0 Å². The Kier molecular flexibility index (Phi) is 9.50. The minimum Gasteiger partial charge on any atom is -0.490 e. The zero-order valence-corrected chi connectivity index (χ0v) is 20.1. The fraction of sp³-hybridized carbons (Fsp3) is 0.524. The van der Waals surface area contributed by atoms with Gasteiger partial charge in [0.25, 0.3) is 0 Å². The standard InChI is InChI=1S/C21H30N4OS.HI/c1-15-8-9-17(19(12-15)26-18-6-4-5-7-18)14-25-21(22-3)23-11-10-20-24-13-16(2)27-20;/h8-9,12-13,18H,4-7,10-11,14H2,1-3H3,(H2,22,23,25);1H. The number of hydrogen-bond donors (Lipinski definition) is 2. The summed E-state index contributed by atoms with van der Waals surface area (Å²) in [4.78, 5) is 9.98. The molecule has 1 saturated carbocycles. The number of halogens is 1. The molecule has 1 fully saturated rings. The van der Waals surface area contributed by atoms with Crippen molar-refractivity contribution in [3.63, 3.8) is 0 Å². The molecule has 0 bridgehead atoms. The van der Waals surface area contributed by atoms with Crippen molar-refractivity contribution in [3.05, 3.63) is 45.4 Å². The van der Waals surface area contributed by atoms with Crippen LogP contribution in [0.1, 0.15) is 46.7 Å². The average Bonchev–Trinajstić information content (AvgIpc) is 3.31. The van der Waals surface area contributed by atoms with Crippen molar-refractivity contribution in [2.45, 2.75) is 58.6 Å². The van der Waals surface area contributed by atoms with Crippen molar-refractivity contribution in [3.8, 4) is 5.75 Å². The third-order valence-corrected chi connectivity index (χ3v) is 5.76. The van der Waals surface area contributed by atoms with Crippen LogP contribution < -0.4 is 15.4 Å². The number of aliphatic imine (C=N–C) groups is 1. The molecule has 1 aliphatic carbocycles. The highest BCUT2D eigenvalue weighted by Gasteiger charge is 2.18. The number of benzene rings is 1. The predicted octanol–water partition coefficient (Wildman–Crippen LogP) is 4.61. The first kappa shape index (κ1) is 22.9. The molecule has 0 radical (unpaired) electrons. The first-order chi connectivity index (χ1) is 13.1. The van der Waals surface area contributed by atoms with Crippen LogP contribution in [0.25, 0.3) is 0 Å². The molecule has 7 heteroatoms. The summed E-state index contributed by atoms with van der Waals surface area (Å²) in [7, 11) is 1.80. The Morgan fingerprint density at radius 3 is 2.71 bits per heavy atom. The molecule has 0 aliphatic heterocycles. The van der Waals surface area contributed by atoms with Gasteiger partial charge in [0.15, 0.2) is 5.96 Å². The highest BCUT2D eigenvalue weighted by Crippen LogP contribution is 2.27. The summed E-state index contributed by atoms with van der Waals surface area (Å²) in [5.74, 6) is 1.80. The molecule has 2 aromatic rings. The molecule has 0 amide bonds. The normalized spacial score (nSPS) is 14.6. The molecule has 0 saturated heterocycles. The molecule has 154 valence electrons. The van der Waals surface area contributed by atoms with E-state index in [9.17, 15) is 0 Å². The van der Waals surface area contributed by atoms with E-state index in [0.717, 1.165) is 29.7 Å². The summed E-state index contributed by atoms with van der Waals surface area (Å²) in [6.07, 6.45) is 8.08. The largest absolute Gasteiger partial charge is 0.490 e. The molecule has 1 aromatic heterocycles. The lowest BCUT2D eigenvalue weighted by Gasteiger charge is -2.18. The highest BCUT2D eigenvalue weighted by molar-refractivity contribution is 14.0. The maximum absolute atomic E-state index is 6.29. The fourth-order valence-corrected chi connectivity index (χ4v) is 4.09. The van der Waals surface area contributed by atoms with Gasteiger partial charge in [-0.15, -0.1) is 35.3 Å². The van der Waals surface area contributed by atoms with E-state index in [1.54, 1.807) is 18.4 Å². The molecule has 5 nitrogen and oxygen atoms in total. The Labute approximate surface area is 189 Å². The van der Waals surface area contributed by atoms with Crippen LogP contribution in [0.5, 0.6) is 5.75 Å². The second kappa shape index (κ2) is 11.6. The first-order valence-electron chi connectivity index (χ1n) is 9.76. The lowest BCUT2D eigenvalue weighted by Crippen LogP contribution is -2.38. The number of rotatable bonds is 7. The smallest absolute Gasteiger partial charge is 0.191 e. The maximum Gasteiger partial charge on any atom is 0.191 e. The summed E-state index contributed by atoms with van der Waals surface area (Å²) >= 11 is 1.75. The highest BCUT2D eigenvalue weighted by atomic mass is 127. The Morgan fingerprint density at radius 2 is 2.04 bits per heavy atom. The van der Waals surface area contributed by atoms with Gasteiger partial charge in [-0.1, -0.05) is 12.1 Å². The predicted molar refractivity (Wildman–Crippen MR) is 128 cm³/mol. The quantitative estimate of drug-likeness (QED) is 0.322. The van der Waals surface area contributed by atoms with Crippen molar-refractivity contribution in [2.24, 2.45) is 4.99 Å². The lowest BCUT2D eigenvalue weighted by atomic mass is 10.1. The van der Waals surface area contributed by atoms with E-state index in [0.29, 0.717) is 12.6 Å². The molecule has 0 spiro atoms. The molecule has 0 unspecified atom stereocenters. The number of nitrogens with one attached hydrogen (secondary N) is 2. The van der Waals surface area contributed by atoms with Crippen LogP contribution in [0.4, 0.5) is 0 Å². The van der Waals surface area contributed by atoms with Gasteiger partial charge in [0.2, 0.25) is 0 Å². The summed E-state index contributed by atoms with van der Waals surface area (Å²) in [6.45, 7) is 5.70. The van der Waals surface area contributed by atoms with Gasteiger partial charge in [-0.3, -0.25) is 4.99 Å². The summed E-state index contributed by atoms with van der Waals surface area (Å²) in [6, 6.07) is 6.44. The molecule has 2 N–H and O–H groups in total. The fourth-order valence-electron chi connectivity index (χ4n) is 3.31. The summed E-state index contributed by atoms with van der Waals surface area (Å²) in [5.41, 5.74) is 2.40. The van der Waals surface area contributed by atoms with E-state index in [2.05, 4.69) is 52.7 Å². The molecular formula is C21H31IN4OS. The Balaban J connectivity index is 0.00000280. The zero-order chi connectivity index (χ0) is 19.1. The molecule has 3 rings (SSSR count). The molecule has 28 heavy (non-hydrogen) atoms. The van der Waals surface area contributed by atoms with E-state index in [4.69, 9.17) is 4.74 Å². The van der Waals surface area contributed by atoms with E-state index in [1.165, 1.54) is 41.7 Å². The van der Waals surface area contributed by atoms with Crippen LogP contribution in [-0.4, -0.2) is 30.6 Å². The van der Waals surface area contributed by atoms with Gasteiger partial charge in [-0.05, 0) is 51.2 Å². The number of aryl methyl sites for hydroxylation is 2. The van der Waals surface area contributed by atoms with Gasteiger partial charge in [0.1, 0.15) is 5.75 Å². The SMILES string of the molecule is CN=C(NCCc1ncc(C)s1)NCc1ccc(C)cc1OC1CCCC1.I. The molecule has 1 aliphatic rings. The van der Waals surface area contributed by atoms with Gasteiger partial charge in [-0.25, -0.2) is 4.98 Å². The molecule has 1 heterocycles. The average molecular weight is 514 g/mol. The maximum atomic E-state index is 6.29. The molecular weight excluding hydrogens is 483 g/mol. The van der Waals surface area contributed by atoms with Gasteiger partial charge >= 0.3 is 0 Å². The number of thiazole rings is 1. The van der Waals surface area contributed by atoms with Gasteiger partial charge in [-0.2, -0.15) is 0 Å². The van der Waals surface area contributed by atoms with Crippen molar-refractivity contribution in [1.82, 2.24) is 15.6 Å². The van der Waals surface area contributed by atoms with Gasteiger partial charge in [0.05, 0.1) is 11.1 Å². The van der Waals surface area contributed by atoms with Gasteiger partial charge in [0, 0.05) is 43.2 Å². The molecule has 1 aromatic carbocycles. The minimum atomic E-state index is 0. The van der Waals surface area contributed by atoms with Crippen molar-refractivity contribution >= 4 is 41.3 Å². The Morgan fingerprint density at radius 1 is 1.25 bits per heavy atom. The van der Waals surface area contributed by atoms with E-state index in [1.807, 2.05) is 6.20 Å². The number of aromatic nitrogens is 1. The summed E-state index contributed by atoms with van der Waals surface area (Å²) < 4.78 is 6.29. The molecule has 0 atom stereocenters. The van der Waals surface area contributed by atoms with Crippen LogP contribution in [0, 0.1) is 13.8 Å². The minimum absolute atomic E-state index is 0. The van der Waals surface area contributed by atoms with Crippen LogP contribution in [0.15, 0.2) is 29.4 Å². The van der Waals surface area contributed by atoms with Crippen molar-refractivity contribution in [1.29, 1.82) is 0 Å². The number of hydrogen-bond acceptors (Lipinski definition) is 4. The number of guanidine groups is 1. The Hall–Kier alpha value is -1.35. The topological polar surface area (TPSA) is 58.5 Å². The van der Waals surface area contributed by atoms with Crippen LogP contribution in [0.2, 0.25) is 0 Å². The second-order valence-electron chi connectivity index (χ2n) is 7.10. The van der Waals surface area contributed by atoms with Gasteiger partial charge < -0.3 is 15.4 Å². The third kappa shape index (κ3) is 6.92. The van der Waals surface area contributed by atoms with Crippen LogP contribution in [-0.2, 0) is 13.0 Å². The van der Waals surface area contributed by atoms with Crippen molar-refractivity contribution < 1.29 is 4.74 Å². The van der Waals surface area contributed by atoms with Crippen LogP contribution >= 0.6 is 35.3 Å². The van der Waals surface area contributed by atoms with Crippen molar-refractivity contribution in [2.75, 3.05) is 13.6 Å². The number of nitrogens with zero attached hydrogens (tertiary/aromatic N) is 2. The first-order valence-corrected chi connectivity index (χ1v) is 10.6. The zero-order valence-electron chi connectivity index (χ0n) is 17.0. The van der Waals surface area contributed by atoms with Crippen LogP contribution in [0.3, 0.4) is 0 Å². The second-order valence-corrected chi connectivity index (χ2v) is 8.42. The van der Waals surface area contributed by atoms with E-state index >= 15 is 0 Å². The van der Waals surface area contributed by atoms with E-state index < -0.39 is 0 Å². The monoisotopic (exact) mass is 514 g/mol. The summed E-state index contributed by atoms with van der Waals surface area (Å²) in [5, 5.41) is 7.92. The number of ether oxygens (including phenoxy) is 1. The third-order valence-electron chi connectivity index (χ3n) is 4.79. The lowest BCUT2D eigenvalue weighted by molar-refractivity contribution is 0.207.